The molecule has 1 saturated carbocycles. The first-order valence-electron chi connectivity index (χ1n) is 29.2. The molecule has 2 unspecified atom stereocenters. The van der Waals surface area contributed by atoms with Gasteiger partial charge in [-0.05, 0) is 153 Å². The molecule has 1 fully saturated rings. The van der Waals surface area contributed by atoms with E-state index < -0.39 is 0 Å². The summed E-state index contributed by atoms with van der Waals surface area (Å²) in [4.78, 5) is 8.07. The monoisotopic (exact) mass is 1040 g/mol. The van der Waals surface area contributed by atoms with Crippen LogP contribution >= 0.6 is 0 Å². The zero-order chi connectivity index (χ0) is 55.0. The Morgan fingerprint density at radius 3 is 1.73 bits per heavy atom. The maximum Gasteiger partial charge on any atom is 0.257 e. The van der Waals surface area contributed by atoms with Gasteiger partial charge in [0.2, 0.25) is 0 Å². The number of benzene rings is 9. The maximum atomic E-state index is 7.34. The standard InChI is InChI=1S/C74H70BN3O2/c1-70(2,3)46-30-34-56(53(40-46)45-22-13-12-14-23-45)76-60-37-33-51-50-24-15-17-27-63(50)80-69(51)68(60)75-55-42-48(72(7,8)9)32-36-58(55)77(59-26-21-29-65-66(59)52-25-16-18-28-64(52)79-65)62-44-49(43-61(76)67(62)75)78-57-35-31-47(71(4,5)6)41-54(57)73(10)38-19-20-39-74(73,78)11/h12-18,21-37,40-44H,19-20,38-39H2,1-11H3. The molecule has 11 aromatic rings. The van der Waals surface area contributed by atoms with Crippen LogP contribution in [0.1, 0.15) is 124 Å². The van der Waals surface area contributed by atoms with Gasteiger partial charge in [-0.2, -0.15) is 0 Å². The Balaban J connectivity index is 1.13. The van der Waals surface area contributed by atoms with Crippen LogP contribution in [0.15, 0.2) is 185 Å². The molecule has 9 aromatic carbocycles. The molecule has 6 heteroatoms. The first-order valence-corrected chi connectivity index (χ1v) is 29.2. The predicted octanol–water partition coefficient (Wildman–Crippen LogP) is 18.9. The summed E-state index contributed by atoms with van der Waals surface area (Å²) < 4.78 is 14.1. The molecular weight excluding hydrogens is 974 g/mol. The number of anilines is 8. The fraction of sp³-hybridized carbons (Fsp3) is 0.270. The van der Waals surface area contributed by atoms with Gasteiger partial charge in [-0.15, -0.1) is 0 Å². The number of para-hydroxylation sites is 2. The van der Waals surface area contributed by atoms with E-state index in [1.807, 2.05) is 0 Å². The fourth-order valence-corrected chi connectivity index (χ4v) is 15.0. The molecule has 2 aromatic heterocycles. The summed E-state index contributed by atoms with van der Waals surface area (Å²) in [7, 11) is 0. The summed E-state index contributed by atoms with van der Waals surface area (Å²) in [6, 6.07) is 66.9. The van der Waals surface area contributed by atoms with Crippen molar-refractivity contribution in [3.8, 4) is 11.1 Å². The van der Waals surface area contributed by atoms with Crippen molar-refractivity contribution in [3.05, 3.63) is 198 Å². The van der Waals surface area contributed by atoms with Crippen molar-refractivity contribution in [2.75, 3.05) is 14.7 Å². The van der Waals surface area contributed by atoms with E-state index in [1.165, 1.54) is 79.7 Å². The second-order valence-electron chi connectivity index (χ2n) is 27.2. The quantitative estimate of drug-likeness (QED) is 0.164. The van der Waals surface area contributed by atoms with E-state index >= 15 is 0 Å². The topological polar surface area (TPSA) is 36.0 Å². The fourth-order valence-electron chi connectivity index (χ4n) is 15.0. The molecule has 80 heavy (non-hydrogen) atoms. The minimum absolute atomic E-state index is 0.00601. The molecule has 2 atom stereocenters. The van der Waals surface area contributed by atoms with Crippen LogP contribution in [0.3, 0.4) is 0 Å². The predicted molar refractivity (Wildman–Crippen MR) is 339 cm³/mol. The zero-order valence-electron chi connectivity index (χ0n) is 48.3. The molecule has 0 spiro atoms. The minimum atomic E-state index is -0.217. The van der Waals surface area contributed by atoms with Crippen molar-refractivity contribution < 1.29 is 8.83 Å². The largest absolute Gasteiger partial charge is 0.457 e. The van der Waals surface area contributed by atoms with E-state index in [0.717, 1.165) is 85.2 Å². The Labute approximate surface area is 471 Å². The van der Waals surface area contributed by atoms with Crippen molar-refractivity contribution in [1.29, 1.82) is 0 Å². The van der Waals surface area contributed by atoms with Crippen molar-refractivity contribution in [2.45, 2.75) is 129 Å². The lowest BCUT2D eigenvalue weighted by molar-refractivity contribution is 0.195. The number of furan rings is 2. The summed E-state index contributed by atoms with van der Waals surface area (Å²) in [5.74, 6) is 0. The average molecular weight is 1040 g/mol. The van der Waals surface area contributed by atoms with Crippen LogP contribution < -0.4 is 31.1 Å². The number of hydrogen-bond acceptors (Lipinski definition) is 5. The number of rotatable bonds is 4. The lowest BCUT2D eigenvalue weighted by Crippen LogP contribution is -2.62. The van der Waals surface area contributed by atoms with Gasteiger partial charge in [0.05, 0.1) is 22.3 Å². The van der Waals surface area contributed by atoms with Gasteiger partial charge >= 0.3 is 0 Å². The number of hydrogen-bond donors (Lipinski definition) is 0. The summed E-state index contributed by atoms with van der Waals surface area (Å²) in [5.41, 5.74) is 24.0. The molecule has 0 radical (unpaired) electrons. The van der Waals surface area contributed by atoms with Crippen molar-refractivity contribution in [3.63, 3.8) is 0 Å². The highest BCUT2D eigenvalue weighted by Gasteiger charge is 2.58. The SMILES string of the molecule is CC(C)(C)c1ccc2c(c1)B1c3c(cc(N4c5ccc(C(C)(C)C)cc5C5(C)CCCCC45C)cc3N2c2cccc3oc4ccccc4c23)N(c2ccc(C(C)(C)C)cc2-c2ccccc2)c2ccc3c(oc4ccccc43)c21. The number of fused-ring (bicyclic) bond motifs is 14. The molecule has 0 amide bonds. The van der Waals surface area contributed by atoms with E-state index in [0.29, 0.717) is 0 Å². The Morgan fingerprint density at radius 1 is 0.438 bits per heavy atom. The Kier molecular flexibility index (Phi) is 10.3. The van der Waals surface area contributed by atoms with E-state index in [4.69, 9.17) is 8.83 Å². The van der Waals surface area contributed by atoms with E-state index in [-0.39, 0.29) is 33.9 Å². The molecule has 0 N–H and O–H groups in total. The Hall–Kier alpha value is -7.96. The van der Waals surface area contributed by atoms with Gasteiger partial charge in [0.15, 0.2) is 0 Å². The molecule has 3 aliphatic heterocycles. The second kappa shape index (κ2) is 16.8. The molecule has 1 aliphatic carbocycles. The first kappa shape index (κ1) is 49.1. The van der Waals surface area contributed by atoms with Crippen molar-refractivity contribution in [1.82, 2.24) is 0 Å². The van der Waals surface area contributed by atoms with E-state index in [9.17, 15) is 0 Å². The highest BCUT2D eigenvalue weighted by Crippen LogP contribution is 2.63. The third-order valence-corrected chi connectivity index (χ3v) is 19.5. The van der Waals surface area contributed by atoms with Crippen LogP contribution in [-0.2, 0) is 21.7 Å². The van der Waals surface area contributed by atoms with Crippen molar-refractivity contribution in [2.24, 2.45) is 0 Å². The lowest BCUT2D eigenvalue weighted by Gasteiger charge is -2.51. The van der Waals surface area contributed by atoms with Gasteiger partial charge < -0.3 is 23.5 Å². The molecule has 0 saturated heterocycles. The highest BCUT2D eigenvalue weighted by atomic mass is 16.3. The Bertz CT molecular complexity index is 4390. The highest BCUT2D eigenvalue weighted by molar-refractivity contribution is 7.01. The molecule has 0 bridgehead atoms. The second-order valence-corrected chi connectivity index (χ2v) is 27.2. The molecule has 5 nitrogen and oxygen atoms in total. The van der Waals surface area contributed by atoms with E-state index in [1.54, 1.807) is 0 Å². The van der Waals surface area contributed by atoms with Crippen LogP contribution in [0.2, 0.25) is 0 Å². The average Bonchev–Trinajstić information content (AvgIpc) is 2.00. The molecule has 396 valence electrons. The smallest absolute Gasteiger partial charge is 0.257 e. The molecule has 15 rings (SSSR count). The normalized spacial score (nSPS) is 18.7. The van der Waals surface area contributed by atoms with Crippen LogP contribution in [0.4, 0.5) is 45.5 Å². The zero-order valence-corrected chi connectivity index (χ0v) is 48.3. The van der Waals surface area contributed by atoms with Gasteiger partial charge in [-0.3, -0.25) is 0 Å². The third kappa shape index (κ3) is 6.90. The van der Waals surface area contributed by atoms with E-state index in [2.05, 4.69) is 267 Å². The van der Waals surface area contributed by atoms with Crippen LogP contribution in [0.25, 0.3) is 55.0 Å². The van der Waals surface area contributed by atoms with Crippen LogP contribution in [0.5, 0.6) is 0 Å². The summed E-state index contributed by atoms with van der Waals surface area (Å²) in [5, 5.41) is 4.47. The van der Waals surface area contributed by atoms with Gasteiger partial charge in [-0.1, -0.05) is 185 Å². The van der Waals surface area contributed by atoms with Crippen molar-refractivity contribution >= 4 is 112 Å². The summed E-state index contributed by atoms with van der Waals surface area (Å²) in [6.07, 6.45) is 4.62. The maximum absolute atomic E-state index is 7.34. The van der Waals surface area contributed by atoms with Crippen LogP contribution in [-0.4, -0.2) is 12.3 Å². The van der Waals surface area contributed by atoms with Gasteiger partial charge in [-0.25, -0.2) is 0 Å². The summed E-state index contributed by atoms with van der Waals surface area (Å²) in [6.45, 7) is 26.1. The molecule has 4 aliphatic rings. The Morgan fingerprint density at radius 2 is 1.01 bits per heavy atom. The molecule has 5 heterocycles. The number of nitrogens with zero attached hydrogens (tertiary/aromatic N) is 3. The van der Waals surface area contributed by atoms with Gasteiger partial charge in [0, 0.05) is 61.3 Å². The summed E-state index contributed by atoms with van der Waals surface area (Å²) >= 11 is 0. The van der Waals surface area contributed by atoms with Gasteiger partial charge in [0.25, 0.3) is 6.71 Å². The lowest BCUT2D eigenvalue weighted by atomic mass is 9.33. The molecular formula is C74H70BN3O2. The van der Waals surface area contributed by atoms with Gasteiger partial charge in [0.1, 0.15) is 22.3 Å². The minimum Gasteiger partial charge on any atom is -0.457 e. The first-order chi connectivity index (χ1) is 38.3. The third-order valence-electron chi connectivity index (χ3n) is 19.5. The van der Waals surface area contributed by atoms with Crippen LogP contribution in [0, 0.1) is 0 Å².